The number of hydrogen-bond acceptors (Lipinski definition) is 4. The summed E-state index contributed by atoms with van der Waals surface area (Å²) in [6, 6.07) is 0. The van der Waals surface area contributed by atoms with Crippen molar-refractivity contribution in [1.82, 2.24) is 4.98 Å². The highest BCUT2D eigenvalue weighted by atomic mass is 32.1. The SMILES string of the molecule is CCC(C)(CCN)Nc1nccs1. The summed E-state index contributed by atoms with van der Waals surface area (Å²) < 4.78 is 0. The third-order valence-electron chi connectivity index (χ3n) is 2.32. The van der Waals surface area contributed by atoms with E-state index < -0.39 is 0 Å². The largest absolute Gasteiger partial charge is 0.356 e. The highest BCUT2D eigenvalue weighted by Gasteiger charge is 2.21. The molecule has 0 aliphatic carbocycles. The number of thiazole rings is 1. The Labute approximate surface area is 83.4 Å². The zero-order valence-electron chi connectivity index (χ0n) is 8.21. The van der Waals surface area contributed by atoms with Gasteiger partial charge in [0.05, 0.1) is 0 Å². The molecule has 0 radical (unpaired) electrons. The summed E-state index contributed by atoms with van der Waals surface area (Å²) in [5.74, 6) is 0. The molecular weight excluding hydrogens is 182 g/mol. The molecule has 1 rings (SSSR count). The van der Waals surface area contributed by atoms with Crippen LogP contribution >= 0.6 is 11.3 Å². The first-order valence-electron chi connectivity index (χ1n) is 4.58. The van der Waals surface area contributed by atoms with Gasteiger partial charge in [0.2, 0.25) is 0 Å². The lowest BCUT2D eigenvalue weighted by atomic mass is 9.95. The van der Waals surface area contributed by atoms with Gasteiger partial charge in [-0.25, -0.2) is 4.98 Å². The topological polar surface area (TPSA) is 50.9 Å². The van der Waals surface area contributed by atoms with E-state index in [1.807, 2.05) is 11.6 Å². The van der Waals surface area contributed by atoms with Crippen molar-refractivity contribution in [3.8, 4) is 0 Å². The van der Waals surface area contributed by atoms with E-state index in [0.717, 1.165) is 18.0 Å². The number of aromatic nitrogens is 1. The maximum Gasteiger partial charge on any atom is 0.183 e. The molecule has 1 aromatic heterocycles. The lowest BCUT2D eigenvalue weighted by Gasteiger charge is -2.28. The smallest absolute Gasteiger partial charge is 0.183 e. The molecule has 0 aliphatic rings. The first kappa shape index (κ1) is 10.5. The number of nitrogens with two attached hydrogens (primary N) is 1. The number of hydrogen-bond donors (Lipinski definition) is 2. The fourth-order valence-electron chi connectivity index (χ4n) is 1.19. The molecule has 1 aromatic rings. The molecule has 3 nitrogen and oxygen atoms in total. The molecule has 3 N–H and O–H groups in total. The second-order valence-corrected chi connectivity index (χ2v) is 4.31. The van der Waals surface area contributed by atoms with E-state index in [1.54, 1.807) is 11.3 Å². The first-order valence-corrected chi connectivity index (χ1v) is 5.46. The van der Waals surface area contributed by atoms with Gasteiger partial charge in [0.1, 0.15) is 0 Å². The van der Waals surface area contributed by atoms with Gasteiger partial charge >= 0.3 is 0 Å². The summed E-state index contributed by atoms with van der Waals surface area (Å²) in [6.45, 7) is 5.06. The first-order chi connectivity index (χ1) is 6.20. The quantitative estimate of drug-likeness (QED) is 0.763. The molecule has 0 spiro atoms. The fourth-order valence-corrected chi connectivity index (χ4v) is 1.87. The van der Waals surface area contributed by atoms with Gasteiger partial charge in [-0.05, 0) is 26.3 Å². The van der Waals surface area contributed by atoms with Crippen molar-refractivity contribution >= 4 is 16.5 Å². The molecule has 0 aliphatic heterocycles. The van der Waals surface area contributed by atoms with E-state index in [0.29, 0.717) is 6.54 Å². The van der Waals surface area contributed by atoms with Crippen molar-refractivity contribution in [2.45, 2.75) is 32.2 Å². The summed E-state index contributed by atoms with van der Waals surface area (Å²) in [6.07, 6.45) is 3.85. The van der Waals surface area contributed by atoms with Gasteiger partial charge in [0.25, 0.3) is 0 Å². The normalized spacial score (nSPS) is 15.3. The Morgan fingerprint density at radius 2 is 2.46 bits per heavy atom. The molecule has 74 valence electrons. The minimum Gasteiger partial charge on any atom is -0.356 e. The molecule has 13 heavy (non-hydrogen) atoms. The number of anilines is 1. The Bertz CT molecular complexity index is 235. The zero-order chi connectivity index (χ0) is 9.73. The van der Waals surface area contributed by atoms with Gasteiger partial charge in [-0.3, -0.25) is 0 Å². The van der Waals surface area contributed by atoms with E-state index >= 15 is 0 Å². The van der Waals surface area contributed by atoms with Crippen molar-refractivity contribution in [2.75, 3.05) is 11.9 Å². The van der Waals surface area contributed by atoms with Crippen LogP contribution in [0.2, 0.25) is 0 Å². The van der Waals surface area contributed by atoms with Crippen molar-refractivity contribution in [2.24, 2.45) is 5.73 Å². The molecular formula is C9H17N3S. The maximum absolute atomic E-state index is 5.56. The second kappa shape index (κ2) is 4.58. The zero-order valence-corrected chi connectivity index (χ0v) is 9.03. The summed E-state index contributed by atoms with van der Waals surface area (Å²) in [5, 5.41) is 6.37. The lowest BCUT2D eigenvalue weighted by Crippen LogP contribution is -2.36. The molecule has 0 fully saturated rings. The average molecular weight is 199 g/mol. The summed E-state index contributed by atoms with van der Waals surface area (Å²) >= 11 is 1.63. The third-order valence-corrected chi connectivity index (χ3v) is 3.01. The average Bonchev–Trinajstić information content (AvgIpc) is 2.57. The minimum absolute atomic E-state index is 0.0899. The molecule has 0 aromatic carbocycles. The highest BCUT2D eigenvalue weighted by molar-refractivity contribution is 7.13. The highest BCUT2D eigenvalue weighted by Crippen LogP contribution is 2.22. The van der Waals surface area contributed by atoms with Crippen LogP contribution in [0.3, 0.4) is 0 Å². The van der Waals surface area contributed by atoms with E-state index in [1.165, 1.54) is 0 Å². The van der Waals surface area contributed by atoms with Crippen LogP contribution in [0.1, 0.15) is 26.7 Å². The Kier molecular flexibility index (Phi) is 3.69. The fraction of sp³-hybridized carbons (Fsp3) is 0.667. The lowest BCUT2D eigenvalue weighted by molar-refractivity contribution is 0.463. The van der Waals surface area contributed by atoms with Gasteiger partial charge < -0.3 is 11.1 Å². The van der Waals surface area contributed by atoms with Crippen LogP contribution in [0.15, 0.2) is 11.6 Å². The maximum atomic E-state index is 5.56. The standard InChI is InChI=1S/C9H17N3S/c1-3-9(2,4-5-10)12-8-11-6-7-13-8/h6-7H,3-5,10H2,1-2H3,(H,11,12). The van der Waals surface area contributed by atoms with Gasteiger partial charge in [0.15, 0.2) is 5.13 Å². The van der Waals surface area contributed by atoms with Gasteiger partial charge in [-0.1, -0.05) is 6.92 Å². The summed E-state index contributed by atoms with van der Waals surface area (Å²) in [5.41, 5.74) is 5.65. The van der Waals surface area contributed by atoms with Crippen LogP contribution in [0.5, 0.6) is 0 Å². The molecule has 0 amide bonds. The van der Waals surface area contributed by atoms with Gasteiger partial charge in [0, 0.05) is 17.1 Å². The molecule has 0 bridgehead atoms. The number of nitrogens with one attached hydrogen (secondary N) is 1. The van der Waals surface area contributed by atoms with Gasteiger partial charge in [-0.15, -0.1) is 11.3 Å². The van der Waals surface area contributed by atoms with Crippen LogP contribution in [-0.2, 0) is 0 Å². The monoisotopic (exact) mass is 199 g/mol. The predicted molar refractivity (Wildman–Crippen MR) is 58.1 cm³/mol. The second-order valence-electron chi connectivity index (χ2n) is 3.42. The van der Waals surface area contributed by atoms with Crippen LogP contribution in [0, 0.1) is 0 Å². The number of nitrogens with zero attached hydrogens (tertiary/aromatic N) is 1. The molecule has 1 unspecified atom stereocenters. The summed E-state index contributed by atoms with van der Waals surface area (Å²) in [4.78, 5) is 4.20. The Balaban J connectivity index is 2.58. The molecule has 0 saturated heterocycles. The van der Waals surface area contributed by atoms with E-state index in [4.69, 9.17) is 5.73 Å². The predicted octanol–water partition coefficient (Wildman–Crippen LogP) is 2.07. The Hall–Kier alpha value is -0.610. The van der Waals surface area contributed by atoms with Crippen molar-refractivity contribution in [3.05, 3.63) is 11.6 Å². The Morgan fingerprint density at radius 1 is 1.69 bits per heavy atom. The molecule has 4 heteroatoms. The van der Waals surface area contributed by atoms with E-state index in [2.05, 4.69) is 24.1 Å². The van der Waals surface area contributed by atoms with Crippen LogP contribution < -0.4 is 11.1 Å². The van der Waals surface area contributed by atoms with Crippen molar-refractivity contribution in [3.63, 3.8) is 0 Å². The minimum atomic E-state index is 0.0899. The number of rotatable bonds is 5. The van der Waals surface area contributed by atoms with Crippen LogP contribution in [-0.4, -0.2) is 17.1 Å². The van der Waals surface area contributed by atoms with Crippen LogP contribution in [0.25, 0.3) is 0 Å². The van der Waals surface area contributed by atoms with Crippen molar-refractivity contribution in [1.29, 1.82) is 0 Å². The van der Waals surface area contributed by atoms with Gasteiger partial charge in [-0.2, -0.15) is 0 Å². The van der Waals surface area contributed by atoms with E-state index in [-0.39, 0.29) is 5.54 Å². The molecule has 0 saturated carbocycles. The molecule has 1 heterocycles. The van der Waals surface area contributed by atoms with Crippen molar-refractivity contribution < 1.29 is 0 Å². The molecule has 1 atom stereocenters. The van der Waals surface area contributed by atoms with E-state index in [9.17, 15) is 0 Å². The van der Waals surface area contributed by atoms with Crippen LogP contribution in [0.4, 0.5) is 5.13 Å². The third kappa shape index (κ3) is 2.97. The Morgan fingerprint density at radius 3 is 2.92 bits per heavy atom. The summed E-state index contributed by atoms with van der Waals surface area (Å²) in [7, 11) is 0.